The van der Waals surface area contributed by atoms with Crippen molar-refractivity contribution in [3.8, 4) is 11.4 Å². The number of benzene rings is 1. The highest BCUT2D eigenvalue weighted by Gasteiger charge is 2.56. The van der Waals surface area contributed by atoms with Crippen LogP contribution < -0.4 is 0 Å². The van der Waals surface area contributed by atoms with Crippen LogP contribution in [0, 0.1) is 30.1 Å². The predicted molar refractivity (Wildman–Crippen MR) is 150 cm³/mol. The van der Waals surface area contributed by atoms with Crippen LogP contribution in [0.1, 0.15) is 72.0 Å². The van der Waals surface area contributed by atoms with E-state index in [1.54, 1.807) is 11.8 Å². The summed E-state index contributed by atoms with van der Waals surface area (Å²) < 4.78 is 5.31. The molecule has 5 fully saturated rings. The number of carbonyl (C=O) groups excluding carboxylic acids is 3. The molecule has 1 aromatic heterocycles. The molecule has 1 unspecified atom stereocenters. The maximum absolute atomic E-state index is 14.0. The first-order valence-electron chi connectivity index (χ1n) is 14.6. The van der Waals surface area contributed by atoms with Gasteiger partial charge in [0.05, 0.1) is 11.1 Å². The second-order valence-corrected chi connectivity index (χ2v) is 12.4. The Morgan fingerprint density at radius 2 is 1.68 bits per heavy atom. The molecule has 0 radical (unpaired) electrons. The van der Waals surface area contributed by atoms with Crippen molar-refractivity contribution in [3.63, 3.8) is 0 Å². The van der Waals surface area contributed by atoms with Crippen molar-refractivity contribution in [1.82, 2.24) is 19.8 Å². The normalized spacial score (nSPS) is 28.9. The molecule has 2 heterocycles. The molecular formula is C32H38N4O4. The second kappa shape index (κ2) is 10.5. The summed E-state index contributed by atoms with van der Waals surface area (Å²) in [6.45, 7) is 8.62. The fourth-order valence-corrected chi connectivity index (χ4v) is 8.17. The Bertz CT molecular complexity index is 1300. The number of rotatable bonds is 6. The number of piperazine rings is 1. The molecule has 1 atom stereocenters. The van der Waals surface area contributed by atoms with Gasteiger partial charge in [-0.15, -0.1) is 0 Å². The Balaban J connectivity index is 1.24. The molecule has 1 saturated heterocycles. The molecule has 0 spiro atoms. The average Bonchev–Trinajstić information content (AvgIpc) is 2.94. The Morgan fingerprint density at radius 1 is 1.02 bits per heavy atom. The van der Waals surface area contributed by atoms with Crippen LogP contribution in [0.2, 0.25) is 0 Å². The summed E-state index contributed by atoms with van der Waals surface area (Å²) in [6.07, 6.45) is 8.46. The molecule has 4 bridgehead atoms. The van der Waals surface area contributed by atoms with Gasteiger partial charge in [0.25, 0.3) is 5.91 Å². The van der Waals surface area contributed by atoms with Gasteiger partial charge in [-0.25, -0.2) is 14.8 Å². The monoisotopic (exact) mass is 542 g/mol. The average molecular weight is 543 g/mol. The zero-order chi connectivity index (χ0) is 28.0. The minimum absolute atomic E-state index is 0.0223. The highest BCUT2D eigenvalue weighted by atomic mass is 16.5. The molecule has 7 rings (SSSR count). The van der Waals surface area contributed by atoms with Gasteiger partial charge in [0.2, 0.25) is 5.91 Å². The fourth-order valence-electron chi connectivity index (χ4n) is 8.17. The largest absolute Gasteiger partial charge is 0.458 e. The van der Waals surface area contributed by atoms with Crippen LogP contribution in [0.15, 0.2) is 43.0 Å². The van der Waals surface area contributed by atoms with Gasteiger partial charge in [-0.1, -0.05) is 43.0 Å². The zero-order valence-corrected chi connectivity index (χ0v) is 23.5. The van der Waals surface area contributed by atoms with Crippen LogP contribution in [0.5, 0.6) is 0 Å². The van der Waals surface area contributed by atoms with Crippen LogP contribution in [-0.2, 0) is 9.53 Å². The van der Waals surface area contributed by atoms with Gasteiger partial charge in [-0.3, -0.25) is 9.59 Å². The summed E-state index contributed by atoms with van der Waals surface area (Å²) in [5, 5.41) is 0. The van der Waals surface area contributed by atoms with Crippen molar-refractivity contribution in [2.75, 3.05) is 26.2 Å². The molecule has 40 heavy (non-hydrogen) atoms. The van der Waals surface area contributed by atoms with E-state index < -0.39 is 5.97 Å². The molecule has 1 aromatic carbocycles. The van der Waals surface area contributed by atoms with E-state index in [2.05, 4.69) is 16.5 Å². The molecule has 0 N–H and O–H groups in total. The van der Waals surface area contributed by atoms with Gasteiger partial charge in [-0.05, 0) is 70.1 Å². The van der Waals surface area contributed by atoms with Crippen molar-refractivity contribution in [2.45, 2.75) is 58.4 Å². The first kappa shape index (κ1) is 26.7. The van der Waals surface area contributed by atoms with Crippen molar-refractivity contribution >= 4 is 17.8 Å². The molecule has 4 saturated carbocycles. The minimum Gasteiger partial charge on any atom is -0.458 e. The molecule has 4 aliphatic carbocycles. The lowest BCUT2D eigenvalue weighted by Crippen LogP contribution is -2.61. The van der Waals surface area contributed by atoms with Gasteiger partial charge < -0.3 is 14.5 Å². The lowest BCUT2D eigenvalue weighted by Gasteiger charge is -2.57. The number of hydrogen-bond acceptors (Lipinski definition) is 6. The van der Waals surface area contributed by atoms with Gasteiger partial charge in [-0.2, -0.15) is 0 Å². The Labute approximate surface area is 235 Å². The summed E-state index contributed by atoms with van der Waals surface area (Å²) in [4.78, 5) is 53.9. The number of amides is 2. The Morgan fingerprint density at radius 3 is 2.27 bits per heavy atom. The SMILES string of the molecule is C=CCOC(=O)c1c(C)nc(-c2ccccc2)nc1C(=O)N1CCN(C(=O)C23CC4CC(CC(C4)C2)C3)C(C)C1. The highest BCUT2D eigenvalue weighted by molar-refractivity contribution is 6.05. The molecule has 5 aliphatic rings. The van der Waals surface area contributed by atoms with E-state index in [1.807, 2.05) is 42.2 Å². The van der Waals surface area contributed by atoms with Gasteiger partial charge in [0.1, 0.15) is 17.9 Å². The Kier molecular flexibility index (Phi) is 6.97. The van der Waals surface area contributed by atoms with E-state index >= 15 is 0 Å². The summed E-state index contributed by atoms with van der Waals surface area (Å²) in [5.74, 6) is 1.79. The maximum atomic E-state index is 14.0. The topological polar surface area (TPSA) is 92.7 Å². The van der Waals surface area contributed by atoms with Crippen LogP contribution in [0.25, 0.3) is 11.4 Å². The standard InChI is InChI=1S/C32H38N4O4/c1-4-12-40-30(38)26-21(3)33-28(25-8-6-5-7-9-25)34-27(26)29(37)35-10-11-36(20(2)19-35)31(39)32-16-22-13-23(17-32)15-24(14-22)18-32/h4-9,20,22-24H,1,10-19H2,2-3H3. The van der Waals surface area contributed by atoms with E-state index in [1.165, 1.54) is 25.3 Å². The van der Waals surface area contributed by atoms with Crippen LogP contribution in [-0.4, -0.2) is 69.8 Å². The van der Waals surface area contributed by atoms with Crippen molar-refractivity contribution < 1.29 is 19.1 Å². The van der Waals surface area contributed by atoms with Gasteiger partial charge in [0, 0.05) is 31.2 Å². The molecule has 2 aromatic rings. The molecule has 2 amide bonds. The van der Waals surface area contributed by atoms with E-state index in [-0.39, 0.29) is 35.2 Å². The summed E-state index contributed by atoms with van der Waals surface area (Å²) >= 11 is 0. The number of carbonyl (C=O) groups is 3. The Hall–Kier alpha value is -3.55. The number of aryl methyl sites for hydroxylation is 1. The quantitative estimate of drug-likeness (QED) is 0.389. The van der Waals surface area contributed by atoms with Crippen LogP contribution in [0.4, 0.5) is 0 Å². The summed E-state index contributed by atoms with van der Waals surface area (Å²) in [7, 11) is 0. The summed E-state index contributed by atoms with van der Waals surface area (Å²) in [6, 6.07) is 9.28. The van der Waals surface area contributed by atoms with Crippen molar-refractivity contribution in [1.29, 1.82) is 0 Å². The molecule has 1 aliphatic heterocycles. The molecule has 8 heteroatoms. The van der Waals surface area contributed by atoms with Crippen molar-refractivity contribution in [2.24, 2.45) is 23.2 Å². The third-order valence-corrected chi connectivity index (χ3v) is 9.53. The van der Waals surface area contributed by atoms with E-state index in [0.717, 1.165) is 24.8 Å². The fraction of sp³-hybridized carbons (Fsp3) is 0.531. The zero-order valence-electron chi connectivity index (χ0n) is 23.5. The number of ether oxygens (including phenoxy) is 1. The third-order valence-electron chi connectivity index (χ3n) is 9.53. The van der Waals surface area contributed by atoms with Crippen molar-refractivity contribution in [3.05, 3.63) is 59.9 Å². The molecule has 210 valence electrons. The van der Waals surface area contributed by atoms with E-state index in [9.17, 15) is 14.4 Å². The lowest BCUT2D eigenvalue weighted by molar-refractivity contribution is -0.161. The number of nitrogens with zero attached hydrogens (tertiary/aromatic N) is 4. The van der Waals surface area contributed by atoms with Gasteiger partial charge in [0.15, 0.2) is 5.82 Å². The van der Waals surface area contributed by atoms with Crippen LogP contribution in [0.3, 0.4) is 0 Å². The van der Waals surface area contributed by atoms with E-state index in [4.69, 9.17) is 4.74 Å². The smallest absolute Gasteiger partial charge is 0.342 e. The third kappa shape index (κ3) is 4.71. The summed E-state index contributed by atoms with van der Waals surface area (Å²) in [5.41, 5.74) is 1.05. The first-order valence-corrected chi connectivity index (χ1v) is 14.6. The first-order chi connectivity index (χ1) is 19.3. The minimum atomic E-state index is -0.649. The highest BCUT2D eigenvalue weighted by Crippen LogP contribution is 2.60. The number of esters is 1. The number of aromatic nitrogens is 2. The van der Waals surface area contributed by atoms with Crippen LogP contribution >= 0.6 is 0 Å². The predicted octanol–water partition coefficient (Wildman–Crippen LogP) is 4.68. The molecular weight excluding hydrogens is 504 g/mol. The second-order valence-electron chi connectivity index (χ2n) is 12.4. The maximum Gasteiger partial charge on any atom is 0.342 e. The van der Waals surface area contributed by atoms with Gasteiger partial charge >= 0.3 is 5.97 Å². The number of hydrogen-bond donors (Lipinski definition) is 0. The lowest BCUT2D eigenvalue weighted by atomic mass is 9.49. The van der Waals surface area contributed by atoms with E-state index in [0.29, 0.717) is 54.8 Å². The molecule has 8 nitrogen and oxygen atoms in total.